The predicted octanol–water partition coefficient (Wildman–Crippen LogP) is 1.53. The van der Waals surface area contributed by atoms with Crippen molar-refractivity contribution >= 4 is 17.4 Å². The van der Waals surface area contributed by atoms with E-state index in [1.54, 1.807) is 7.11 Å². The van der Waals surface area contributed by atoms with Gasteiger partial charge in [0.05, 0.1) is 24.4 Å². The molecule has 132 valence electrons. The number of carbonyl (C=O) groups excluding carboxylic acids is 1. The molecule has 7 nitrogen and oxygen atoms in total. The number of nitrogens with one attached hydrogen (secondary N) is 1. The van der Waals surface area contributed by atoms with Gasteiger partial charge in [0.1, 0.15) is 11.6 Å². The monoisotopic (exact) mass is 341 g/mol. The van der Waals surface area contributed by atoms with Crippen molar-refractivity contribution in [2.24, 2.45) is 5.73 Å². The van der Waals surface area contributed by atoms with Crippen molar-refractivity contribution in [3.05, 3.63) is 35.0 Å². The Morgan fingerprint density at radius 2 is 2.24 bits per heavy atom. The van der Waals surface area contributed by atoms with Gasteiger partial charge in [0.25, 0.3) is 5.91 Å². The molecule has 25 heavy (non-hydrogen) atoms. The number of aryl methyl sites for hydroxylation is 1. The van der Waals surface area contributed by atoms with Gasteiger partial charge >= 0.3 is 0 Å². The summed E-state index contributed by atoms with van der Waals surface area (Å²) in [4.78, 5) is 13.2. The summed E-state index contributed by atoms with van der Waals surface area (Å²) in [5, 5.41) is 7.84. The molecule has 2 heterocycles. The van der Waals surface area contributed by atoms with Gasteiger partial charge in [-0.3, -0.25) is 4.79 Å². The zero-order valence-corrected chi connectivity index (χ0v) is 14.3. The number of carbonyl (C=O) groups is 1. The highest BCUT2D eigenvalue weighted by molar-refractivity contribution is 5.91. The molecule has 7 heteroatoms. The summed E-state index contributed by atoms with van der Waals surface area (Å²) >= 11 is 0. The second-order valence-corrected chi connectivity index (χ2v) is 6.76. The first kappa shape index (κ1) is 16.0. The molecule has 1 aliphatic carbocycles. The first-order valence-corrected chi connectivity index (χ1v) is 8.67. The minimum absolute atomic E-state index is 0.0866. The number of rotatable bonds is 2. The molecule has 0 saturated carbocycles. The Kier molecular flexibility index (Phi) is 3.88. The molecular formula is C18H23N5O2. The van der Waals surface area contributed by atoms with Crippen LogP contribution in [-0.4, -0.2) is 35.4 Å². The molecule has 2 aromatic rings. The Balaban J connectivity index is 1.72. The van der Waals surface area contributed by atoms with Gasteiger partial charge < -0.3 is 21.5 Å². The van der Waals surface area contributed by atoms with Crippen LogP contribution in [0.15, 0.2) is 18.2 Å². The van der Waals surface area contributed by atoms with Crippen molar-refractivity contribution in [1.82, 2.24) is 9.78 Å². The Bertz CT molecular complexity index is 829. The van der Waals surface area contributed by atoms with Crippen LogP contribution in [-0.2, 0) is 12.8 Å². The van der Waals surface area contributed by atoms with E-state index in [1.807, 2.05) is 18.2 Å². The number of benzene rings is 1. The molecule has 0 bridgehead atoms. The number of anilines is 2. The molecule has 0 spiro atoms. The average Bonchev–Trinajstić information content (AvgIpc) is 2.96. The van der Waals surface area contributed by atoms with E-state index in [-0.39, 0.29) is 17.9 Å². The van der Waals surface area contributed by atoms with Crippen LogP contribution in [0.2, 0.25) is 0 Å². The highest BCUT2D eigenvalue weighted by Crippen LogP contribution is 2.39. The summed E-state index contributed by atoms with van der Waals surface area (Å²) in [6.45, 7) is 0.704. The quantitative estimate of drug-likeness (QED) is 0.764. The highest BCUT2D eigenvalue weighted by Gasteiger charge is 2.33. The molecule has 1 aromatic heterocycles. The van der Waals surface area contributed by atoms with Crippen LogP contribution in [0.25, 0.3) is 0 Å². The summed E-state index contributed by atoms with van der Waals surface area (Å²) in [5.74, 6) is 0.812. The smallest absolute Gasteiger partial charge is 0.256 e. The number of ether oxygens (including phenoxy) is 1. The van der Waals surface area contributed by atoms with Gasteiger partial charge in [0.2, 0.25) is 0 Å². The van der Waals surface area contributed by atoms with Crippen molar-refractivity contribution in [1.29, 1.82) is 0 Å². The average molecular weight is 341 g/mol. The number of nitrogens with zero attached hydrogens (tertiary/aromatic N) is 2. The number of hydrogen-bond acceptors (Lipinski definition) is 6. The van der Waals surface area contributed by atoms with Gasteiger partial charge in [0, 0.05) is 18.2 Å². The normalized spacial score (nSPS) is 21.8. The summed E-state index contributed by atoms with van der Waals surface area (Å²) in [7, 11) is 1.63. The second kappa shape index (κ2) is 6.07. The van der Waals surface area contributed by atoms with Crippen LogP contribution in [0.1, 0.15) is 40.4 Å². The molecular weight excluding hydrogens is 318 g/mol. The fourth-order valence-corrected chi connectivity index (χ4v) is 3.89. The van der Waals surface area contributed by atoms with E-state index in [0.29, 0.717) is 25.2 Å². The first-order valence-electron chi connectivity index (χ1n) is 8.67. The van der Waals surface area contributed by atoms with Crippen molar-refractivity contribution in [3.63, 3.8) is 0 Å². The fraction of sp³-hybridized carbons (Fsp3) is 0.444. The summed E-state index contributed by atoms with van der Waals surface area (Å²) in [5.41, 5.74) is 16.0. The zero-order valence-electron chi connectivity index (χ0n) is 14.3. The van der Waals surface area contributed by atoms with Crippen LogP contribution in [0.4, 0.5) is 11.5 Å². The van der Waals surface area contributed by atoms with E-state index in [4.69, 9.17) is 16.2 Å². The minimum atomic E-state index is -0.288. The van der Waals surface area contributed by atoms with Gasteiger partial charge in [-0.25, -0.2) is 0 Å². The number of aromatic nitrogens is 2. The van der Waals surface area contributed by atoms with E-state index in [9.17, 15) is 4.79 Å². The van der Waals surface area contributed by atoms with Gasteiger partial charge in [-0.15, -0.1) is 0 Å². The largest absolute Gasteiger partial charge is 0.495 e. The maximum atomic E-state index is 13.2. The molecule has 0 fully saturated rings. The Morgan fingerprint density at radius 3 is 3.04 bits per heavy atom. The van der Waals surface area contributed by atoms with Crippen molar-refractivity contribution in [3.8, 4) is 5.75 Å². The van der Waals surface area contributed by atoms with Crippen molar-refractivity contribution in [2.45, 2.75) is 37.6 Å². The van der Waals surface area contributed by atoms with Crippen LogP contribution in [0, 0.1) is 0 Å². The highest BCUT2D eigenvalue weighted by atomic mass is 16.5. The molecule has 0 amide bonds. The number of nitrogens with two attached hydrogens (primary N) is 2. The summed E-state index contributed by atoms with van der Waals surface area (Å²) in [6, 6.07) is 5.84. The standard InChI is InChI=1S/C18H23N5O2/c1-25-15-4-2-3-11-12(7-8-21-16(11)15)18(24)23-17(20)13-9-10(19)5-6-14(13)22-23/h2-4,10,12,21H,5-9,19-20H2,1H3. The van der Waals surface area contributed by atoms with Crippen LogP contribution in [0.3, 0.4) is 0 Å². The van der Waals surface area contributed by atoms with E-state index >= 15 is 0 Å². The topological polar surface area (TPSA) is 108 Å². The molecule has 5 N–H and O–H groups in total. The lowest BCUT2D eigenvalue weighted by atomic mass is 9.89. The van der Waals surface area contributed by atoms with E-state index in [1.165, 1.54) is 4.68 Å². The number of hydrogen-bond donors (Lipinski definition) is 3. The number of nitrogen functional groups attached to an aromatic ring is 1. The third-order valence-corrected chi connectivity index (χ3v) is 5.22. The molecule has 1 aliphatic heterocycles. The molecule has 1 aromatic carbocycles. The third-order valence-electron chi connectivity index (χ3n) is 5.22. The second-order valence-electron chi connectivity index (χ2n) is 6.76. The SMILES string of the molecule is COc1cccc2c1NCCC2C(=O)n1nc2c(c1N)CC(N)CC2. The van der Waals surface area contributed by atoms with Crippen LogP contribution in [0.5, 0.6) is 5.75 Å². The van der Waals surface area contributed by atoms with Gasteiger partial charge in [-0.05, 0) is 37.3 Å². The van der Waals surface area contributed by atoms with Crippen LogP contribution < -0.4 is 21.5 Å². The maximum absolute atomic E-state index is 13.2. The molecule has 2 unspecified atom stereocenters. The van der Waals surface area contributed by atoms with E-state index in [2.05, 4.69) is 10.4 Å². The Hall–Kier alpha value is -2.54. The molecule has 4 rings (SSSR count). The molecule has 0 radical (unpaired) electrons. The summed E-state index contributed by atoms with van der Waals surface area (Å²) < 4.78 is 6.80. The lowest BCUT2D eigenvalue weighted by molar-refractivity contribution is 0.0859. The number of fused-ring (bicyclic) bond motifs is 2. The third kappa shape index (κ3) is 2.55. The van der Waals surface area contributed by atoms with Crippen molar-refractivity contribution < 1.29 is 9.53 Å². The minimum Gasteiger partial charge on any atom is -0.495 e. The molecule has 2 atom stereocenters. The van der Waals surface area contributed by atoms with Crippen molar-refractivity contribution in [2.75, 3.05) is 24.7 Å². The maximum Gasteiger partial charge on any atom is 0.256 e. The van der Waals surface area contributed by atoms with E-state index < -0.39 is 0 Å². The van der Waals surface area contributed by atoms with Gasteiger partial charge in [-0.1, -0.05) is 12.1 Å². The molecule has 2 aliphatic rings. The Labute approximate surface area is 146 Å². The predicted molar refractivity (Wildman–Crippen MR) is 96.1 cm³/mol. The Morgan fingerprint density at radius 1 is 1.40 bits per heavy atom. The molecule has 0 saturated heterocycles. The number of methoxy groups -OCH3 is 1. The van der Waals surface area contributed by atoms with Gasteiger partial charge in [-0.2, -0.15) is 9.78 Å². The number of para-hydroxylation sites is 1. The lowest BCUT2D eigenvalue weighted by Gasteiger charge is -2.27. The first-order chi connectivity index (χ1) is 12.1. The summed E-state index contributed by atoms with van der Waals surface area (Å²) in [6.07, 6.45) is 3.04. The lowest BCUT2D eigenvalue weighted by Crippen LogP contribution is -2.29. The zero-order chi connectivity index (χ0) is 17.6. The van der Waals surface area contributed by atoms with E-state index in [0.717, 1.165) is 41.1 Å². The van der Waals surface area contributed by atoms with Gasteiger partial charge in [0.15, 0.2) is 0 Å². The fourth-order valence-electron chi connectivity index (χ4n) is 3.89. The van der Waals surface area contributed by atoms with Crippen LogP contribution >= 0.6 is 0 Å².